The van der Waals surface area contributed by atoms with Gasteiger partial charge in [0.1, 0.15) is 11.7 Å². The Kier molecular flexibility index (Phi) is 5.06. The third-order valence-electron chi connectivity index (χ3n) is 5.95. The first-order valence-corrected chi connectivity index (χ1v) is 11.9. The molecule has 7 nitrogen and oxygen atoms in total. The highest BCUT2D eigenvalue weighted by Crippen LogP contribution is 2.40. The number of likely N-dealkylation sites (N-methyl/N-ethyl adjacent to an activating group) is 1. The van der Waals surface area contributed by atoms with Gasteiger partial charge in [0.15, 0.2) is 21.5 Å². The molecule has 0 unspecified atom stereocenters. The Bertz CT molecular complexity index is 1030. The second-order valence-corrected chi connectivity index (χ2v) is 9.88. The molecule has 0 N–H and O–H groups in total. The molecule has 1 fully saturated rings. The van der Waals surface area contributed by atoms with Crippen molar-refractivity contribution in [1.82, 2.24) is 9.97 Å². The average Bonchev–Trinajstić information content (AvgIpc) is 3.24. The van der Waals surface area contributed by atoms with Crippen LogP contribution in [-0.4, -0.2) is 49.7 Å². The lowest BCUT2D eigenvalue weighted by Crippen LogP contribution is -2.55. The fourth-order valence-electron chi connectivity index (χ4n) is 4.37. The summed E-state index contributed by atoms with van der Waals surface area (Å²) in [5.41, 5.74) is 1.47. The van der Waals surface area contributed by atoms with Crippen molar-refractivity contribution in [2.24, 2.45) is 0 Å². The quantitative estimate of drug-likeness (QED) is 0.765. The molecule has 0 bridgehead atoms. The summed E-state index contributed by atoms with van der Waals surface area (Å²) in [7, 11) is -1.48. The van der Waals surface area contributed by atoms with Gasteiger partial charge in [-0.2, -0.15) is 0 Å². The standard InChI is InChI=1S/C21H26N4O3S/c1-4-17-21(26)24(2)18-13-22-19(14-9-11-16(12-10-14)29(3,27)28)23-20(18)25(17)15-7-5-6-8-15/h9-13,15,17H,4-8H2,1-3H3/t17-/m1/s1. The van der Waals surface area contributed by atoms with Crippen LogP contribution in [0.2, 0.25) is 0 Å². The molecule has 0 spiro atoms. The van der Waals surface area contributed by atoms with E-state index in [0.717, 1.165) is 36.3 Å². The monoisotopic (exact) mass is 414 g/mol. The molecule has 0 radical (unpaired) electrons. The predicted molar refractivity (Wildman–Crippen MR) is 113 cm³/mol. The van der Waals surface area contributed by atoms with E-state index < -0.39 is 9.84 Å². The first kappa shape index (κ1) is 19.8. The Morgan fingerprint density at radius 1 is 1.14 bits per heavy atom. The number of hydrogen-bond donors (Lipinski definition) is 0. The lowest BCUT2D eigenvalue weighted by Gasteiger charge is -2.43. The van der Waals surface area contributed by atoms with E-state index in [-0.39, 0.29) is 16.8 Å². The summed E-state index contributed by atoms with van der Waals surface area (Å²) in [5.74, 6) is 1.41. The molecule has 1 aliphatic heterocycles. The lowest BCUT2D eigenvalue weighted by molar-refractivity contribution is -0.120. The fraction of sp³-hybridized carbons (Fsp3) is 0.476. The van der Waals surface area contributed by atoms with Gasteiger partial charge >= 0.3 is 0 Å². The number of carbonyl (C=O) groups excluding carboxylic acids is 1. The number of amides is 1. The molecule has 4 rings (SSSR count). The number of hydrogen-bond acceptors (Lipinski definition) is 6. The highest BCUT2D eigenvalue weighted by atomic mass is 32.2. The van der Waals surface area contributed by atoms with Gasteiger partial charge in [-0.1, -0.05) is 19.8 Å². The van der Waals surface area contributed by atoms with Gasteiger partial charge in [-0.05, 0) is 43.5 Å². The summed E-state index contributed by atoms with van der Waals surface area (Å²) in [4.78, 5) is 26.4. The van der Waals surface area contributed by atoms with Crippen molar-refractivity contribution in [3.05, 3.63) is 30.5 Å². The number of rotatable bonds is 4. The van der Waals surface area contributed by atoms with Gasteiger partial charge in [-0.15, -0.1) is 0 Å². The Morgan fingerprint density at radius 2 is 1.79 bits per heavy atom. The van der Waals surface area contributed by atoms with Crippen LogP contribution in [0.5, 0.6) is 0 Å². The normalized spacial score (nSPS) is 20.2. The molecule has 8 heteroatoms. The maximum atomic E-state index is 12.9. The number of benzene rings is 1. The highest BCUT2D eigenvalue weighted by Gasteiger charge is 2.41. The SMILES string of the molecule is CC[C@@H]1C(=O)N(C)c2cnc(-c3ccc(S(C)(=O)=O)cc3)nc2N1C1CCCC1. The summed E-state index contributed by atoms with van der Waals surface area (Å²) >= 11 is 0. The molecule has 1 aliphatic carbocycles. The second kappa shape index (κ2) is 7.40. The molecule has 1 amide bonds. The zero-order chi connectivity index (χ0) is 20.8. The van der Waals surface area contributed by atoms with Crippen LogP contribution < -0.4 is 9.80 Å². The third-order valence-corrected chi connectivity index (χ3v) is 7.08. The molecule has 154 valence electrons. The van der Waals surface area contributed by atoms with E-state index >= 15 is 0 Å². The lowest BCUT2D eigenvalue weighted by atomic mass is 10.0. The minimum atomic E-state index is -3.25. The topological polar surface area (TPSA) is 83.5 Å². The van der Waals surface area contributed by atoms with Crippen LogP contribution in [0.3, 0.4) is 0 Å². The van der Waals surface area contributed by atoms with Crippen LogP contribution in [0, 0.1) is 0 Å². The third kappa shape index (κ3) is 3.50. The van der Waals surface area contributed by atoms with E-state index in [2.05, 4.69) is 9.88 Å². The number of anilines is 2. The van der Waals surface area contributed by atoms with Crippen molar-refractivity contribution >= 4 is 27.2 Å². The van der Waals surface area contributed by atoms with E-state index in [4.69, 9.17) is 4.98 Å². The Labute approximate surface area is 171 Å². The number of carbonyl (C=O) groups is 1. The number of sulfone groups is 1. The van der Waals surface area contributed by atoms with Gasteiger partial charge in [-0.3, -0.25) is 4.79 Å². The van der Waals surface area contributed by atoms with E-state index in [9.17, 15) is 13.2 Å². The molecular formula is C21H26N4O3S. The van der Waals surface area contributed by atoms with Crippen LogP contribution in [0.4, 0.5) is 11.5 Å². The van der Waals surface area contributed by atoms with Crippen molar-refractivity contribution in [2.45, 2.75) is 56.0 Å². The van der Waals surface area contributed by atoms with Crippen LogP contribution in [0.15, 0.2) is 35.4 Å². The molecular weight excluding hydrogens is 388 g/mol. The molecule has 2 aromatic rings. The molecule has 1 atom stereocenters. The van der Waals surface area contributed by atoms with Gasteiger partial charge < -0.3 is 9.80 Å². The zero-order valence-electron chi connectivity index (χ0n) is 17.0. The van der Waals surface area contributed by atoms with Crippen molar-refractivity contribution < 1.29 is 13.2 Å². The van der Waals surface area contributed by atoms with Crippen LogP contribution in [0.25, 0.3) is 11.4 Å². The fourth-order valence-corrected chi connectivity index (χ4v) is 5.00. The predicted octanol–water partition coefficient (Wildman–Crippen LogP) is 3.05. The summed E-state index contributed by atoms with van der Waals surface area (Å²) < 4.78 is 23.4. The van der Waals surface area contributed by atoms with Crippen molar-refractivity contribution in [2.75, 3.05) is 23.1 Å². The molecule has 1 aromatic carbocycles. The molecule has 29 heavy (non-hydrogen) atoms. The average molecular weight is 415 g/mol. The summed E-state index contributed by atoms with van der Waals surface area (Å²) in [6.07, 6.45) is 8.08. The van der Waals surface area contributed by atoms with Gasteiger partial charge in [0, 0.05) is 24.9 Å². The van der Waals surface area contributed by atoms with Crippen LogP contribution >= 0.6 is 0 Å². The molecule has 1 aromatic heterocycles. The van der Waals surface area contributed by atoms with E-state index in [1.807, 2.05) is 6.92 Å². The Hall–Kier alpha value is -2.48. The Balaban J connectivity index is 1.79. The molecule has 2 heterocycles. The van der Waals surface area contributed by atoms with Gasteiger partial charge in [0.25, 0.3) is 0 Å². The van der Waals surface area contributed by atoms with Crippen LogP contribution in [0.1, 0.15) is 39.0 Å². The number of aromatic nitrogens is 2. The number of nitrogens with zero attached hydrogens (tertiary/aromatic N) is 4. The summed E-state index contributed by atoms with van der Waals surface area (Å²) in [6.45, 7) is 2.04. The minimum Gasteiger partial charge on any atom is -0.340 e. The van der Waals surface area contributed by atoms with Gasteiger partial charge in [0.2, 0.25) is 5.91 Å². The van der Waals surface area contributed by atoms with Gasteiger partial charge in [-0.25, -0.2) is 18.4 Å². The summed E-state index contributed by atoms with van der Waals surface area (Å²) in [6, 6.07) is 6.71. The minimum absolute atomic E-state index is 0.0840. The summed E-state index contributed by atoms with van der Waals surface area (Å²) in [5, 5.41) is 0. The number of fused-ring (bicyclic) bond motifs is 1. The first-order valence-electron chi connectivity index (χ1n) is 10.0. The highest BCUT2D eigenvalue weighted by molar-refractivity contribution is 7.90. The van der Waals surface area contributed by atoms with Crippen molar-refractivity contribution in [3.63, 3.8) is 0 Å². The van der Waals surface area contributed by atoms with Crippen LogP contribution in [-0.2, 0) is 14.6 Å². The second-order valence-electron chi connectivity index (χ2n) is 7.87. The Morgan fingerprint density at radius 3 is 2.38 bits per heavy atom. The maximum Gasteiger partial charge on any atom is 0.249 e. The molecule has 2 aliphatic rings. The smallest absolute Gasteiger partial charge is 0.249 e. The molecule has 1 saturated carbocycles. The van der Waals surface area contributed by atoms with Gasteiger partial charge in [0.05, 0.1) is 11.1 Å². The molecule has 0 saturated heterocycles. The first-order chi connectivity index (χ1) is 13.8. The maximum absolute atomic E-state index is 12.9. The zero-order valence-corrected chi connectivity index (χ0v) is 17.8. The van der Waals surface area contributed by atoms with Crippen molar-refractivity contribution in [3.8, 4) is 11.4 Å². The van der Waals surface area contributed by atoms with E-state index in [1.54, 1.807) is 42.4 Å². The van der Waals surface area contributed by atoms with Crippen molar-refractivity contribution in [1.29, 1.82) is 0 Å². The van der Waals surface area contributed by atoms with E-state index in [0.29, 0.717) is 11.9 Å². The van der Waals surface area contributed by atoms with E-state index in [1.165, 1.54) is 19.1 Å². The largest absolute Gasteiger partial charge is 0.340 e.